The minimum atomic E-state index is -5.08. The number of aliphatic carboxylic acids is 2. The number of fused-ring (bicyclic) bond motifs is 1. The number of aromatic nitrogens is 1. The highest BCUT2D eigenvalue weighted by atomic mass is 19.4. The minimum absolute atomic E-state index is 0.245. The Morgan fingerprint density at radius 3 is 2.03 bits per heavy atom. The van der Waals surface area contributed by atoms with Gasteiger partial charge in [-0.25, -0.2) is 9.59 Å². The minimum Gasteiger partial charge on any atom is -0.475 e. The molecule has 0 bridgehead atoms. The van der Waals surface area contributed by atoms with Gasteiger partial charge in [0.15, 0.2) is 0 Å². The zero-order valence-corrected chi connectivity index (χ0v) is 18.4. The van der Waals surface area contributed by atoms with Crippen LogP contribution in [-0.4, -0.2) is 81.4 Å². The fourth-order valence-electron chi connectivity index (χ4n) is 3.88. The number of rotatable bonds is 4. The SMILES string of the molecule is O=C(O)C(F)(F)F.O=C(O)C(F)(F)F.O=C1[C@H]2CN(CC3CC3)C[C@@H]2CCN1Cc1cccnc1. The first kappa shape index (κ1) is 28.3. The number of pyridine rings is 1. The molecule has 0 radical (unpaired) electrons. The monoisotopic (exact) mass is 513 g/mol. The lowest BCUT2D eigenvalue weighted by Crippen LogP contribution is -2.44. The first-order valence-electron chi connectivity index (χ1n) is 10.7. The van der Waals surface area contributed by atoms with Crippen molar-refractivity contribution in [3.05, 3.63) is 30.1 Å². The molecule has 1 aromatic rings. The van der Waals surface area contributed by atoms with Gasteiger partial charge in [-0.3, -0.25) is 9.78 Å². The van der Waals surface area contributed by atoms with Gasteiger partial charge in [0.2, 0.25) is 5.91 Å². The molecule has 2 aliphatic heterocycles. The molecular weight excluding hydrogens is 488 g/mol. The molecular formula is C21H25F6N3O5. The van der Waals surface area contributed by atoms with E-state index in [0.717, 1.165) is 44.1 Å². The summed E-state index contributed by atoms with van der Waals surface area (Å²) in [4.78, 5) is 39.3. The number of carbonyl (C=O) groups excluding carboxylic acids is 1. The second kappa shape index (κ2) is 11.7. The molecule has 35 heavy (non-hydrogen) atoms. The van der Waals surface area contributed by atoms with Gasteiger partial charge >= 0.3 is 24.3 Å². The lowest BCUT2D eigenvalue weighted by Gasteiger charge is -2.33. The summed E-state index contributed by atoms with van der Waals surface area (Å²) in [5.41, 5.74) is 1.14. The van der Waals surface area contributed by atoms with Crippen molar-refractivity contribution < 1.29 is 50.9 Å². The Balaban J connectivity index is 0.000000257. The molecule has 3 fully saturated rings. The molecule has 14 heteroatoms. The average molecular weight is 513 g/mol. The van der Waals surface area contributed by atoms with E-state index in [1.165, 1.54) is 19.4 Å². The third-order valence-corrected chi connectivity index (χ3v) is 5.71. The zero-order valence-electron chi connectivity index (χ0n) is 18.4. The van der Waals surface area contributed by atoms with Gasteiger partial charge in [-0.15, -0.1) is 0 Å². The molecule has 3 aliphatic rings. The summed E-state index contributed by atoms with van der Waals surface area (Å²) in [6, 6.07) is 4.00. The second-order valence-corrected chi connectivity index (χ2v) is 8.54. The molecule has 3 heterocycles. The van der Waals surface area contributed by atoms with Gasteiger partial charge in [0.05, 0.1) is 5.92 Å². The number of carbonyl (C=O) groups is 3. The van der Waals surface area contributed by atoms with Crippen molar-refractivity contribution in [3.63, 3.8) is 0 Å². The first-order chi connectivity index (χ1) is 16.2. The number of hydrogen-bond acceptors (Lipinski definition) is 5. The van der Waals surface area contributed by atoms with Gasteiger partial charge < -0.3 is 20.0 Å². The van der Waals surface area contributed by atoms with E-state index < -0.39 is 24.3 Å². The Kier molecular flexibility index (Phi) is 9.46. The second-order valence-electron chi connectivity index (χ2n) is 8.54. The number of halogens is 6. The molecule has 8 nitrogen and oxygen atoms in total. The normalized spacial score (nSPS) is 22.3. The lowest BCUT2D eigenvalue weighted by atomic mass is 9.88. The topological polar surface area (TPSA) is 111 Å². The number of nitrogens with zero attached hydrogens (tertiary/aromatic N) is 3. The van der Waals surface area contributed by atoms with Crippen LogP contribution in [0.4, 0.5) is 26.3 Å². The van der Waals surface area contributed by atoms with Crippen LogP contribution in [0.2, 0.25) is 0 Å². The van der Waals surface area contributed by atoms with Gasteiger partial charge in [0.1, 0.15) is 0 Å². The van der Waals surface area contributed by atoms with Crippen LogP contribution in [0.5, 0.6) is 0 Å². The highest BCUT2D eigenvalue weighted by Crippen LogP contribution is 2.36. The van der Waals surface area contributed by atoms with E-state index in [-0.39, 0.29) is 5.92 Å². The molecule has 2 atom stereocenters. The number of carboxylic acids is 2. The maximum absolute atomic E-state index is 12.7. The van der Waals surface area contributed by atoms with Crippen molar-refractivity contribution in [1.29, 1.82) is 0 Å². The maximum atomic E-state index is 12.7. The Morgan fingerprint density at radius 2 is 1.57 bits per heavy atom. The van der Waals surface area contributed by atoms with E-state index >= 15 is 0 Å². The molecule has 0 aromatic carbocycles. The molecule has 2 N–H and O–H groups in total. The third kappa shape index (κ3) is 9.34. The van der Waals surface area contributed by atoms with Crippen LogP contribution in [0.25, 0.3) is 0 Å². The van der Waals surface area contributed by atoms with E-state index in [4.69, 9.17) is 19.8 Å². The number of likely N-dealkylation sites (tertiary alicyclic amines) is 2. The van der Waals surface area contributed by atoms with Crippen LogP contribution < -0.4 is 0 Å². The zero-order chi connectivity index (χ0) is 26.4. The highest BCUT2D eigenvalue weighted by Gasteiger charge is 2.43. The summed E-state index contributed by atoms with van der Waals surface area (Å²) < 4.78 is 63.5. The number of hydrogen-bond donors (Lipinski definition) is 2. The standard InChI is InChI=1S/C17H23N3O.2C2HF3O2/c21-17-16-12-19(9-13-3-4-13)11-15(16)5-7-20(17)10-14-2-1-6-18-8-14;2*3-2(4,5)1(6)7/h1-2,6,8,13,15-16H,3-5,7,9-12H2;2*(H,6,7)/t15-,16-;;/m0../s1. The van der Waals surface area contributed by atoms with E-state index in [1.807, 2.05) is 17.2 Å². The summed E-state index contributed by atoms with van der Waals surface area (Å²) in [6.07, 6.45) is -2.56. The molecule has 1 aliphatic carbocycles. The molecule has 0 unspecified atom stereocenters. The van der Waals surface area contributed by atoms with Crippen LogP contribution in [0.3, 0.4) is 0 Å². The average Bonchev–Trinajstić information content (AvgIpc) is 3.47. The van der Waals surface area contributed by atoms with E-state index in [9.17, 15) is 31.1 Å². The molecule has 1 saturated carbocycles. The summed E-state index contributed by atoms with van der Waals surface area (Å²) in [5.74, 6) is -3.38. The first-order valence-corrected chi connectivity index (χ1v) is 10.7. The quantitative estimate of drug-likeness (QED) is 0.596. The summed E-state index contributed by atoms with van der Waals surface area (Å²) in [7, 11) is 0. The Hall–Kier alpha value is -2.90. The fraction of sp³-hybridized carbons (Fsp3) is 0.619. The van der Waals surface area contributed by atoms with Crippen molar-refractivity contribution >= 4 is 17.8 Å². The van der Waals surface area contributed by atoms with E-state index in [0.29, 0.717) is 11.8 Å². The van der Waals surface area contributed by atoms with Crippen molar-refractivity contribution in [3.8, 4) is 0 Å². The number of carboxylic acid groups (broad SMARTS) is 2. The largest absolute Gasteiger partial charge is 0.490 e. The number of alkyl halides is 6. The van der Waals surface area contributed by atoms with Crippen LogP contribution in [0, 0.1) is 17.8 Å². The summed E-state index contributed by atoms with van der Waals surface area (Å²) in [5, 5.41) is 14.2. The van der Waals surface area contributed by atoms with Crippen molar-refractivity contribution in [2.45, 2.75) is 38.2 Å². The van der Waals surface area contributed by atoms with Crippen molar-refractivity contribution in [2.75, 3.05) is 26.2 Å². The molecule has 1 amide bonds. The predicted octanol–water partition coefficient (Wildman–Crippen LogP) is 3.04. The Labute approximate surface area is 196 Å². The van der Waals surface area contributed by atoms with Gasteiger partial charge in [0.25, 0.3) is 0 Å². The Bertz CT molecular complexity index is 852. The summed E-state index contributed by atoms with van der Waals surface area (Å²) >= 11 is 0. The number of piperidine rings is 1. The fourth-order valence-corrected chi connectivity index (χ4v) is 3.88. The van der Waals surface area contributed by atoms with Gasteiger partial charge in [-0.2, -0.15) is 26.3 Å². The van der Waals surface area contributed by atoms with Gasteiger partial charge in [-0.05, 0) is 42.7 Å². The van der Waals surface area contributed by atoms with Gasteiger partial charge in [0, 0.05) is 45.1 Å². The number of amides is 1. The lowest BCUT2D eigenvalue weighted by molar-refractivity contribution is -0.193. The van der Waals surface area contributed by atoms with Crippen molar-refractivity contribution in [1.82, 2.24) is 14.8 Å². The summed E-state index contributed by atoms with van der Waals surface area (Å²) in [6.45, 7) is 4.99. The third-order valence-electron chi connectivity index (χ3n) is 5.71. The van der Waals surface area contributed by atoms with Crippen LogP contribution in [-0.2, 0) is 20.9 Å². The molecule has 1 aromatic heterocycles. The Morgan fingerprint density at radius 1 is 1.00 bits per heavy atom. The molecule has 4 rings (SSSR count). The van der Waals surface area contributed by atoms with Gasteiger partial charge in [-0.1, -0.05) is 6.07 Å². The highest BCUT2D eigenvalue weighted by molar-refractivity contribution is 5.80. The molecule has 196 valence electrons. The molecule has 0 spiro atoms. The van der Waals surface area contributed by atoms with Crippen LogP contribution in [0.1, 0.15) is 24.8 Å². The van der Waals surface area contributed by atoms with Crippen LogP contribution >= 0.6 is 0 Å². The molecule has 2 saturated heterocycles. The predicted molar refractivity (Wildman–Crippen MR) is 108 cm³/mol. The van der Waals surface area contributed by atoms with Crippen LogP contribution in [0.15, 0.2) is 24.5 Å². The maximum Gasteiger partial charge on any atom is 0.490 e. The van der Waals surface area contributed by atoms with E-state index in [2.05, 4.69) is 16.0 Å². The van der Waals surface area contributed by atoms with E-state index in [1.54, 1.807) is 6.20 Å². The van der Waals surface area contributed by atoms with Crippen molar-refractivity contribution in [2.24, 2.45) is 17.8 Å². The smallest absolute Gasteiger partial charge is 0.475 e.